The lowest BCUT2D eigenvalue weighted by Gasteiger charge is -2.08. The molecule has 28 heavy (non-hydrogen) atoms. The molecular weight excluding hydrogens is 396 g/mol. The van der Waals surface area contributed by atoms with Crippen LogP contribution in [0.3, 0.4) is 0 Å². The zero-order valence-corrected chi connectivity index (χ0v) is 13.4. The number of benzene rings is 1. The molecule has 0 radical (unpaired) electrons. The third kappa shape index (κ3) is 4.24. The molecule has 2 heterocycles. The second kappa shape index (κ2) is 6.90. The van der Waals surface area contributed by atoms with E-state index in [2.05, 4.69) is 24.7 Å². The molecule has 0 fully saturated rings. The Hall–Kier alpha value is -3.51. The molecule has 13 heteroatoms. The SMILES string of the molecule is O=Cc1cc(-c2ncn(/C=C\c3nnc(C(F)(F)F)o3)n2)cc(C(F)(F)F)c1. The summed E-state index contributed by atoms with van der Waals surface area (Å²) >= 11 is 0. The Morgan fingerprint density at radius 1 is 1.00 bits per heavy atom. The van der Waals surface area contributed by atoms with E-state index in [-0.39, 0.29) is 23.2 Å². The molecule has 0 amide bonds. The van der Waals surface area contributed by atoms with Gasteiger partial charge >= 0.3 is 18.2 Å². The van der Waals surface area contributed by atoms with Crippen LogP contribution in [0.2, 0.25) is 0 Å². The van der Waals surface area contributed by atoms with E-state index in [1.54, 1.807) is 0 Å². The maximum absolute atomic E-state index is 12.9. The van der Waals surface area contributed by atoms with Gasteiger partial charge in [-0.05, 0) is 18.2 Å². The van der Waals surface area contributed by atoms with Crippen molar-refractivity contribution < 1.29 is 35.6 Å². The van der Waals surface area contributed by atoms with Gasteiger partial charge in [-0.15, -0.1) is 15.3 Å². The molecule has 0 saturated heterocycles. The van der Waals surface area contributed by atoms with E-state index in [4.69, 9.17) is 0 Å². The van der Waals surface area contributed by atoms with E-state index in [1.165, 1.54) is 6.07 Å². The number of hydrogen-bond donors (Lipinski definition) is 0. The summed E-state index contributed by atoms with van der Waals surface area (Å²) in [6, 6.07) is 2.62. The summed E-state index contributed by atoms with van der Waals surface area (Å²) in [5.74, 6) is -2.14. The van der Waals surface area contributed by atoms with Gasteiger partial charge in [-0.2, -0.15) is 26.3 Å². The predicted molar refractivity (Wildman–Crippen MR) is 80.4 cm³/mol. The number of aromatic nitrogens is 5. The van der Waals surface area contributed by atoms with E-state index in [0.717, 1.165) is 29.4 Å². The topological polar surface area (TPSA) is 86.7 Å². The summed E-state index contributed by atoms with van der Waals surface area (Å²) in [6.45, 7) is 0. The first kappa shape index (κ1) is 19.3. The Morgan fingerprint density at radius 3 is 2.36 bits per heavy atom. The van der Waals surface area contributed by atoms with Gasteiger partial charge in [0.2, 0.25) is 5.89 Å². The molecule has 0 N–H and O–H groups in total. The lowest BCUT2D eigenvalue weighted by atomic mass is 10.1. The quantitative estimate of drug-likeness (QED) is 0.487. The highest BCUT2D eigenvalue weighted by atomic mass is 19.4. The molecule has 0 unspecified atom stereocenters. The van der Waals surface area contributed by atoms with Crippen LogP contribution >= 0.6 is 0 Å². The number of carbonyl (C=O) groups excluding carboxylic acids is 1. The number of aldehydes is 1. The molecule has 0 aliphatic carbocycles. The first-order chi connectivity index (χ1) is 13.1. The van der Waals surface area contributed by atoms with Crippen LogP contribution in [0.1, 0.15) is 27.7 Å². The highest BCUT2D eigenvalue weighted by molar-refractivity contribution is 5.78. The van der Waals surface area contributed by atoms with E-state index >= 15 is 0 Å². The van der Waals surface area contributed by atoms with Gasteiger partial charge in [0.05, 0.1) is 5.56 Å². The van der Waals surface area contributed by atoms with Gasteiger partial charge < -0.3 is 4.42 Å². The molecule has 146 valence electrons. The summed E-state index contributed by atoms with van der Waals surface area (Å²) in [4.78, 5) is 14.7. The molecule has 3 aromatic rings. The fourth-order valence-corrected chi connectivity index (χ4v) is 2.05. The largest absolute Gasteiger partial charge is 0.470 e. The van der Waals surface area contributed by atoms with Crippen LogP contribution in [0, 0.1) is 0 Å². The van der Waals surface area contributed by atoms with Gasteiger partial charge in [0.25, 0.3) is 0 Å². The number of halogens is 6. The molecule has 0 aliphatic rings. The van der Waals surface area contributed by atoms with Crippen LogP contribution in [0.4, 0.5) is 26.3 Å². The fourth-order valence-electron chi connectivity index (χ4n) is 2.05. The van der Waals surface area contributed by atoms with Crippen LogP contribution in [-0.2, 0) is 12.4 Å². The minimum Gasteiger partial charge on any atom is -0.413 e. The molecule has 0 aliphatic heterocycles. The minimum atomic E-state index is -4.79. The second-order valence-corrected chi connectivity index (χ2v) is 5.27. The van der Waals surface area contributed by atoms with Crippen molar-refractivity contribution in [2.75, 3.05) is 0 Å². The summed E-state index contributed by atoms with van der Waals surface area (Å²) in [5, 5.41) is 9.87. The van der Waals surface area contributed by atoms with Gasteiger partial charge in [-0.1, -0.05) is 0 Å². The molecule has 0 spiro atoms. The van der Waals surface area contributed by atoms with Crippen molar-refractivity contribution in [3.8, 4) is 11.4 Å². The molecule has 3 rings (SSSR count). The molecular formula is C15H7F6N5O2. The van der Waals surface area contributed by atoms with Gasteiger partial charge in [0.15, 0.2) is 5.82 Å². The van der Waals surface area contributed by atoms with Crippen LogP contribution in [0.15, 0.2) is 28.9 Å². The second-order valence-electron chi connectivity index (χ2n) is 5.27. The lowest BCUT2D eigenvalue weighted by molar-refractivity contribution is -0.157. The van der Waals surface area contributed by atoms with Gasteiger partial charge in [0, 0.05) is 23.4 Å². The third-order valence-electron chi connectivity index (χ3n) is 3.24. The van der Waals surface area contributed by atoms with Gasteiger partial charge in [0.1, 0.15) is 12.6 Å². The Kier molecular flexibility index (Phi) is 4.75. The highest BCUT2D eigenvalue weighted by Crippen LogP contribution is 2.32. The zero-order chi connectivity index (χ0) is 20.5. The molecule has 0 saturated carbocycles. The fraction of sp³-hybridized carbons (Fsp3) is 0.133. The van der Waals surface area contributed by atoms with Crippen LogP contribution in [-0.4, -0.2) is 31.2 Å². The number of hydrogen-bond acceptors (Lipinski definition) is 6. The summed E-state index contributed by atoms with van der Waals surface area (Å²) in [7, 11) is 0. The lowest BCUT2D eigenvalue weighted by Crippen LogP contribution is -2.06. The Bertz CT molecular complexity index is 1030. The molecule has 0 atom stereocenters. The third-order valence-corrected chi connectivity index (χ3v) is 3.24. The zero-order valence-electron chi connectivity index (χ0n) is 13.4. The normalized spacial score (nSPS) is 12.6. The van der Waals surface area contributed by atoms with Crippen LogP contribution in [0.25, 0.3) is 23.7 Å². The van der Waals surface area contributed by atoms with Crippen molar-refractivity contribution in [2.24, 2.45) is 0 Å². The van der Waals surface area contributed by atoms with Gasteiger partial charge in [-0.25, -0.2) is 9.67 Å². The number of alkyl halides is 6. The van der Waals surface area contributed by atoms with Crippen LogP contribution in [0.5, 0.6) is 0 Å². The smallest absolute Gasteiger partial charge is 0.413 e. The van der Waals surface area contributed by atoms with Crippen molar-refractivity contribution in [2.45, 2.75) is 12.4 Å². The number of carbonyl (C=O) groups is 1. The Morgan fingerprint density at radius 2 is 1.75 bits per heavy atom. The predicted octanol–water partition coefficient (Wildman–Crippen LogP) is 3.81. The van der Waals surface area contributed by atoms with Crippen molar-refractivity contribution in [3.63, 3.8) is 0 Å². The summed E-state index contributed by atoms with van der Waals surface area (Å²) in [6.07, 6.45) is -6.01. The molecule has 7 nitrogen and oxygen atoms in total. The maximum Gasteiger partial charge on any atom is 0.470 e. The van der Waals surface area contributed by atoms with Gasteiger partial charge in [-0.3, -0.25) is 4.79 Å². The number of nitrogens with zero attached hydrogens (tertiary/aromatic N) is 5. The molecule has 1 aromatic carbocycles. The molecule has 0 bridgehead atoms. The van der Waals surface area contributed by atoms with E-state index < -0.39 is 29.7 Å². The average molecular weight is 403 g/mol. The average Bonchev–Trinajstić information content (AvgIpc) is 3.28. The molecule has 2 aromatic heterocycles. The Labute approximate surface area is 151 Å². The van der Waals surface area contributed by atoms with Crippen molar-refractivity contribution >= 4 is 18.6 Å². The van der Waals surface area contributed by atoms with Crippen molar-refractivity contribution in [3.05, 3.63) is 47.4 Å². The summed E-state index contributed by atoms with van der Waals surface area (Å²) in [5.41, 5.74) is -1.34. The van der Waals surface area contributed by atoms with Crippen molar-refractivity contribution in [1.82, 2.24) is 25.0 Å². The van der Waals surface area contributed by atoms with Crippen molar-refractivity contribution in [1.29, 1.82) is 0 Å². The van der Waals surface area contributed by atoms with Crippen LogP contribution < -0.4 is 0 Å². The summed E-state index contributed by atoms with van der Waals surface area (Å²) < 4.78 is 81.3. The monoisotopic (exact) mass is 403 g/mol. The Balaban J connectivity index is 1.86. The standard InChI is InChI=1S/C15H7F6N5O2/c16-14(17,18)10-4-8(6-27)3-9(5-10)12-22-7-26(25-12)2-1-11-23-24-13(28-11)15(19,20)21/h1-7H/b2-1-. The maximum atomic E-state index is 12.9. The van der Waals surface area contributed by atoms with E-state index in [0.29, 0.717) is 6.07 Å². The minimum absolute atomic E-state index is 0.0683. The first-order valence-corrected chi connectivity index (χ1v) is 7.24. The highest BCUT2D eigenvalue weighted by Gasteiger charge is 2.38. The van der Waals surface area contributed by atoms with E-state index in [9.17, 15) is 31.1 Å². The first-order valence-electron chi connectivity index (χ1n) is 7.24. The number of rotatable bonds is 4. The van der Waals surface area contributed by atoms with E-state index in [1.807, 2.05) is 0 Å².